The summed E-state index contributed by atoms with van der Waals surface area (Å²) in [6.45, 7) is 1.90. The maximum atomic E-state index is 5.49. The highest BCUT2D eigenvalue weighted by molar-refractivity contribution is 7.98. The molecule has 0 amide bonds. The highest BCUT2D eigenvalue weighted by Gasteiger charge is 2.09. The molecule has 1 aromatic carbocycles. The smallest absolute Gasteiger partial charge is 0.255 e. The molecule has 118 valence electrons. The summed E-state index contributed by atoms with van der Waals surface area (Å²) in [4.78, 5) is 8.75. The number of nitrogens with two attached hydrogens (primary N) is 1. The molecule has 0 aliphatic heterocycles. The van der Waals surface area contributed by atoms with Crippen LogP contribution in [0.25, 0.3) is 5.78 Å². The maximum absolute atomic E-state index is 5.49. The molecule has 0 atom stereocenters. The highest BCUT2D eigenvalue weighted by atomic mass is 35.5. The molecule has 0 fully saturated rings. The van der Waals surface area contributed by atoms with Gasteiger partial charge in [0.25, 0.3) is 5.78 Å². The Bertz CT molecular complexity index is 734. The fraction of sp³-hybridized carbons (Fsp3) is 0.154. The number of nitrogens with one attached hydrogen (secondary N) is 1. The van der Waals surface area contributed by atoms with Gasteiger partial charge < -0.3 is 5.43 Å². The Morgan fingerprint density at radius 3 is 2.59 bits per heavy atom. The van der Waals surface area contributed by atoms with Crippen molar-refractivity contribution in [3.8, 4) is 0 Å². The number of hydrogen-bond donors (Lipinski definition) is 2. The van der Waals surface area contributed by atoms with Crippen molar-refractivity contribution in [1.82, 2.24) is 19.6 Å². The molecule has 2 aromatic heterocycles. The van der Waals surface area contributed by atoms with Crippen LogP contribution in [0.15, 0.2) is 41.6 Å². The maximum Gasteiger partial charge on any atom is 0.255 e. The minimum atomic E-state index is 0. The Morgan fingerprint density at radius 1 is 1.18 bits per heavy atom. The Labute approximate surface area is 144 Å². The predicted molar refractivity (Wildman–Crippen MR) is 93.8 cm³/mol. The lowest BCUT2D eigenvalue weighted by molar-refractivity contribution is 0.875. The van der Waals surface area contributed by atoms with Crippen molar-refractivity contribution in [2.75, 3.05) is 5.43 Å². The number of nitrogens with zero attached hydrogens (tertiary/aromatic N) is 4. The monoisotopic (exact) mass is 358 g/mol. The third-order valence-corrected chi connectivity index (χ3v) is 3.69. The Kier molecular flexibility index (Phi) is 6.89. The molecular weight excluding hydrogens is 343 g/mol. The molecule has 6 nitrogen and oxygen atoms in total. The Hall–Kier alpha value is -1.54. The third-order valence-electron chi connectivity index (χ3n) is 2.78. The number of nitrogen functional groups attached to an aromatic ring is 1. The van der Waals surface area contributed by atoms with Gasteiger partial charge >= 0.3 is 0 Å². The van der Waals surface area contributed by atoms with Crippen molar-refractivity contribution in [2.24, 2.45) is 5.84 Å². The minimum Gasteiger partial charge on any atom is -0.308 e. The molecule has 2 heterocycles. The molecule has 0 unspecified atom stereocenters. The lowest BCUT2D eigenvalue weighted by Gasteiger charge is -2.02. The molecule has 0 saturated heterocycles. The molecule has 3 N–H and O–H groups in total. The van der Waals surface area contributed by atoms with Gasteiger partial charge in [-0.25, -0.2) is 10.8 Å². The van der Waals surface area contributed by atoms with Crippen molar-refractivity contribution in [3.63, 3.8) is 0 Å². The van der Waals surface area contributed by atoms with Crippen LogP contribution >= 0.6 is 36.6 Å². The highest BCUT2D eigenvalue weighted by Crippen LogP contribution is 2.21. The van der Waals surface area contributed by atoms with E-state index >= 15 is 0 Å². The summed E-state index contributed by atoms with van der Waals surface area (Å²) in [7, 11) is 0. The van der Waals surface area contributed by atoms with Gasteiger partial charge in [0, 0.05) is 17.5 Å². The second kappa shape index (κ2) is 8.19. The number of aryl methyl sites for hydroxylation is 1. The molecule has 0 radical (unpaired) electrons. The van der Waals surface area contributed by atoms with Gasteiger partial charge in [0.2, 0.25) is 5.16 Å². The van der Waals surface area contributed by atoms with E-state index in [1.54, 1.807) is 16.3 Å². The lowest BCUT2D eigenvalue weighted by atomic mass is 10.2. The molecule has 3 rings (SSSR count). The van der Waals surface area contributed by atoms with Crippen LogP contribution in [0.5, 0.6) is 0 Å². The first-order chi connectivity index (χ1) is 9.76. The second-order valence-electron chi connectivity index (χ2n) is 4.31. The van der Waals surface area contributed by atoms with Crippen molar-refractivity contribution in [3.05, 3.63) is 47.7 Å². The summed E-state index contributed by atoms with van der Waals surface area (Å²) >= 11 is 1.57. The minimum absolute atomic E-state index is 0. The first kappa shape index (κ1) is 18.5. The van der Waals surface area contributed by atoms with E-state index in [4.69, 9.17) is 5.84 Å². The summed E-state index contributed by atoms with van der Waals surface area (Å²) in [5, 5.41) is 5.09. The van der Waals surface area contributed by atoms with Gasteiger partial charge in [-0.05, 0) is 12.5 Å². The second-order valence-corrected chi connectivity index (χ2v) is 5.25. The van der Waals surface area contributed by atoms with E-state index in [0.717, 1.165) is 11.4 Å². The molecule has 9 heteroatoms. The summed E-state index contributed by atoms with van der Waals surface area (Å²) in [5.41, 5.74) is 4.69. The van der Waals surface area contributed by atoms with E-state index in [1.807, 2.05) is 31.2 Å². The van der Waals surface area contributed by atoms with E-state index in [9.17, 15) is 0 Å². The first-order valence-electron chi connectivity index (χ1n) is 6.14. The number of hydrogen-bond acceptors (Lipinski definition) is 6. The topological polar surface area (TPSA) is 81.1 Å². The van der Waals surface area contributed by atoms with Gasteiger partial charge in [0.15, 0.2) is 0 Å². The van der Waals surface area contributed by atoms with Crippen LogP contribution < -0.4 is 11.3 Å². The fourth-order valence-electron chi connectivity index (χ4n) is 1.85. The van der Waals surface area contributed by atoms with Crippen LogP contribution in [0.4, 0.5) is 5.82 Å². The number of halogens is 2. The zero-order valence-corrected chi connectivity index (χ0v) is 14.2. The van der Waals surface area contributed by atoms with E-state index in [2.05, 4.69) is 32.6 Å². The number of anilines is 1. The van der Waals surface area contributed by atoms with E-state index in [-0.39, 0.29) is 24.8 Å². The van der Waals surface area contributed by atoms with E-state index in [1.165, 1.54) is 5.56 Å². The number of thioether (sulfide) groups is 1. The van der Waals surface area contributed by atoms with Gasteiger partial charge in [-0.3, -0.25) is 0 Å². The fourth-order valence-corrected chi connectivity index (χ4v) is 2.63. The van der Waals surface area contributed by atoms with Crippen LogP contribution in [0.3, 0.4) is 0 Å². The quantitative estimate of drug-likeness (QED) is 0.424. The average Bonchev–Trinajstić information content (AvgIpc) is 2.88. The van der Waals surface area contributed by atoms with Gasteiger partial charge in [0.05, 0.1) is 0 Å². The van der Waals surface area contributed by atoms with Gasteiger partial charge in [0.1, 0.15) is 5.82 Å². The number of fused-ring (bicyclic) bond motifs is 1. The Balaban J connectivity index is 0.00000121. The van der Waals surface area contributed by atoms with Crippen molar-refractivity contribution < 1.29 is 0 Å². The molecule has 0 bridgehead atoms. The molecule has 22 heavy (non-hydrogen) atoms. The van der Waals surface area contributed by atoms with Crippen molar-refractivity contribution in [1.29, 1.82) is 0 Å². The largest absolute Gasteiger partial charge is 0.308 e. The number of rotatable bonds is 4. The van der Waals surface area contributed by atoms with E-state index < -0.39 is 0 Å². The van der Waals surface area contributed by atoms with Gasteiger partial charge in [-0.15, -0.1) is 29.9 Å². The van der Waals surface area contributed by atoms with E-state index in [0.29, 0.717) is 16.8 Å². The predicted octanol–water partition coefficient (Wildman–Crippen LogP) is 2.85. The summed E-state index contributed by atoms with van der Waals surface area (Å²) < 4.78 is 1.61. The Morgan fingerprint density at radius 2 is 1.91 bits per heavy atom. The van der Waals surface area contributed by atoms with Crippen LogP contribution in [0, 0.1) is 6.92 Å². The lowest BCUT2D eigenvalue weighted by Crippen LogP contribution is -2.12. The van der Waals surface area contributed by atoms with Crippen LogP contribution in [0.1, 0.15) is 11.3 Å². The van der Waals surface area contributed by atoms with Crippen molar-refractivity contribution >= 4 is 48.2 Å². The summed E-state index contributed by atoms with van der Waals surface area (Å²) in [5.74, 6) is 7.53. The zero-order valence-electron chi connectivity index (χ0n) is 11.8. The van der Waals surface area contributed by atoms with Crippen LogP contribution in [-0.2, 0) is 5.75 Å². The number of aromatic nitrogens is 4. The molecule has 0 spiro atoms. The normalized spacial score (nSPS) is 9.91. The first-order valence-corrected chi connectivity index (χ1v) is 7.12. The molecule has 3 aromatic rings. The number of hydrazine groups is 1. The SMILES string of the molecule is Cc1cc(NN)n2nc(SCc3ccccc3)nc2n1.Cl.Cl. The third kappa shape index (κ3) is 4.01. The summed E-state index contributed by atoms with van der Waals surface area (Å²) in [6, 6.07) is 12.0. The zero-order chi connectivity index (χ0) is 13.9. The summed E-state index contributed by atoms with van der Waals surface area (Å²) in [6.07, 6.45) is 0. The molecule has 0 aliphatic rings. The van der Waals surface area contributed by atoms with Crippen LogP contribution in [0.2, 0.25) is 0 Å². The molecular formula is C13H16Cl2N6S. The van der Waals surface area contributed by atoms with Crippen molar-refractivity contribution in [2.45, 2.75) is 17.8 Å². The molecule has 0 aliphatic carbocycles. The molecule has 0 saturated carbocycles. The van der Waals surface area contributed by atoms with Gasteiger partial charge in [-0.1, -0.05) is 42.1 Å². The van der Waals surface area contributed by atoms with Gasteiger partial charge in [-0.2, -0.15) is 9.50 Å². The number of benzene rings is 1. The van der Waals surface area contributed by atoms with Crippen LogP contribution in [-0.4, -0.2) is 19.6 Å². The standard InChI is InChI=1S/C13H14N6S.2ClH/c1-9-7-11(17-14)19-12(15-9)16-13(18-19)20-8-10-5-3-2-4-6-10;;/h2-7,17H,8,14H2,1H3;2*1H. The average molecular weight is 359 g/mol.